The van der Waals surface area contributed by atoms with Gasteiger partial charge in [-0.3, -0.25) is 14.5 Å². The van der Waals surface area contributed by atoms with Crippen molar-refractivity contribution >= 4 is 23.2 Å². The summed E-state index contributed by atoms with van der Waals surface area (Å²) >= 11 is 0. The van der Waals surface area contributed by atoms with Gasteiger partial charge in [0.25, 0.3) is 0 Å². The van der Waals surface area contributed by atoms with Crippen LogP contribution in [-0.4, -0.2) is 28.5 Å². The van der Waals surface area contributed by atoms with Crippen LogP contribution in [0.25, 0.3) is 11.1 Å². The van der Waals surface area contributed by atoms with Crippen molar-refractivity contribution in [1.82, 2.24) is 4.90 Å². The second-order valence-corrected chi connectivity index (χ2v) is 6.65. The molecule has 0 unspecified atom stereocenters. The molecule has 1 aliphatic heterocycles. The van der Waals surface area contributed by atoms with Gasteiger partial charge in [0, 0.05) is 29.7 Å². The van der Waals surface area contributed by atoms with E-state index < -0.39 is 0 Å². The topological polar surface area (TPSA) is 60.9 Å². The Morgan fingerprint density at radius 2 is 1.32 bits per heavy atom. The molecule has 0 aromatic heterocycles. The number of likely N-dealkylation sites (tertiary alicyclic amines) is 1. The maximum atomic E-state index is 12.2. The van der Waals surface area contributed by atoms with Gasteiger partial charge in [0.15, 0.2) is 0 Å². The average Bonchev–Trinajstić information content (AvgIpc) is 3.05. The number of rotatable bonds is 5. The van der Waals surface area contributed by atoms with E-state index >= 15 is 0 Å². The highest BCUT2D eigenvalue weighted by molar-refractivity contribution is 6.02. The molecule has 0 atom stereocenters. The number of imide groups is 1. The molecule has 0 aliphatic carbocycles. The van der Waals surface area contributed by atoms with E-state index in [0.29, 0.717) is 5.56 Å². The van der Waals surface area contributed by atoms with Crippen LogP contribution in [0.5, 0.6) is 5.75 Å². The molecule has 140 valence electrons. The van der Waals surface area contributed by atoms with Gasteiger partial charge >= 0.3 is 0 Å². The molecule has 1 fully saturated rings. The number of hydrogen-bond acceptors (Lipinski definition) is 4. The first-order valence-electron chi connectivity index (χ1n) is 9.18. The van der Waals surface area contributed by atoms with E-state index in [1.54, 1.807) is 12.1 Å². The van der Waals surface area contributed by atoms with Gasteiger partial charge in [0.05, 0.1) is 5.69 Å². The zero-order chi connectivity index (χ0) is 19.5. The lowest BCUT2D eigenvalue weighted by atomic mass is 10.0. The van der Waals surface area contributed by atoms with Crippen LogP contribution in [0.2, 0.25) is 0 Å². The number of para-hydroxylation sites is 3. The molecule has 3 aromatic rings. The van der Waals surface area contributed by atoms with Crippen molar-refractivity contribution in [2.24, 2.45) is 0 Å². The molecule has 5 nitrogen and oxygen atoms in total. The van der Waals surface area contributed by atoms with Crippen molar-refractivity contribution in [3.8, 4) is 16.9 Å². The van der Waals surface area contributed by atoms with Crippen molar-refractivity contribution in [1.29, 1.82) is 0 Å². The monoisotopic (exact) mass is 372 g/mol. The van der Waals surface area contributed by atoms with Crippen molar-refractivity contribution in [3.05, 3.63) is 78.9 Å². The maximum Gasteiger partial charge on any atom is 0.231 e. The third kappa shape index (κ3) is 3.34. The highest BCUT2D eigenvalue weighted by Gasteiger charge is 2.31. The predicted octanol–water partition coefficient (Wildman–Crippen LogP) is 4.30. The number of hydrogen-bond donors (Lipinski definition) is 1. The smallest absolute Gasteiger partial charge is 0.231 e. The lowest BCUT2D eigenvalue weighted by Crippen LogP contribution is -2.39. The van der Waals surface area contributed by atoms with E-state index in [1.807, 2.05) is 71.6 Å². The van der Waals surface area contributed by atoms with E-state index in [4.69, 9.17) is 0 Å². The SMILES string of the molecule is O=C1CCC(=O)N1CN(c1ccccc1)c1ccccc1-c1ccccc1O. The summed E-state index contributed by atoms with van der Waals surface area (Å²) in [5.74, 6) is -0.145. The van der Waals surface area contributed by atoms with E-state index in [0.717, 1.165) is 16.9 Å². The first kappa shape index (κ1) is 17.8. The molecule has 0 radical (unpaired) electrons. The Hall–Kier alpha value is -3.60. The minimum absolute atomic E-state index is 0.131. The fourth-order valence-corrected chi connectivity index (χ4v) is 3.47. The number of phenols is 1. The second-order valence-electron chi connectivity index (χ2n) is 6.65. The van der Waals surface area contributed by atoms with Gasteiger partial charge in [0.1, 0.15) is 12.4 Å². The Morgan fingerprint density at radius 3 is 2.00 bits per heavy atom. The minimum atomic E-state index is -0.161. The summed E-state index contributed by atoms with van der Waals surface area (Å²) in [4.78, 5) is 27.7. The highest BCUT2D eigenvalue weighted by Crippen LogP contribution is 2.39. The molecule has 2 amide bonds. The van der Waals surface area contributed by atoms with Gasteiger partial charge in [-0.25, -0.2) is 0 Å². The van der Waals surface area contributed by atoms with Crippen molar-refractivity contribution in [2.75, 3.05) is 11.6 Å². The lowest BCUT2D eigenvalue weighted by Gasteiger charge is -2.30. The predicted molar refractivity (Wildman–Crippen MR) is 108 cm³/mol. The zero-order valence-electron chi connectivity index (χ0n) is 15.3. The average molecular weight is 372 g/mol. The van der Waals surface area contributed by atoms with E-state index in [1.165, 1.54) is 4.90 Å². The van der Waals surface area contributed by atoms with E-state index in [-0.39, 0.29) is 37.1 Å². The molecule has 1 heterocycles. The van der Waals surface area contributed by atoms with Crippen LogP contribution in [0.1, 0.15) is 12.8 Å². The number of nitrogens with zero attached hydrogens (tertiary/aromatic N) is 2. The van der Waals surface area contributed by atoms with Gasteiger partial charge in [-0.2, -0.15) is 0 Å². The van der Waals surface area contributed by atoms with Gasteiger partial charge in [0.2, 0.25) is 11.8 Å². The fourth-order valence-electron chi connectivity index (χ4n) is 3.47. The van der Waals surface area contributed by atoms with Crippen LogP contribution in [0.15, 0.2) is 78.9 Å². The van der Waals surface area contributed by atoms with Crippen LogP contribution in [-0.2, 0) is 9.59 Å². The molecular formula is C23H20N2O3. The summed E-state index contributed by atoms with van der Waals surface area (Å²) < 4.78 is 0. The Bertz CT molecular complexity index is 1000. The fraction of sp³-hybridized carbons (Fsp3) is 0.130. The van der Waals surface area contributed by atoms with Crippen LogP contribution in [0.4, 0.5) is 11.4 Å². The molecule has 1 saturated heterocycles. The lowest BCUT2D eigenvalue weighted by molar-refractivity contribution is -0.138. The Labute approximate surface area is 163 Å². The Morgan fingerprint density at radius 1 is 0.750 bits per heavy atom. The number of aromatic hydroxyl groups is 1. The van der Waals surface area contributed by atoms with Crippen molar-refractivity contribution < 1.29 is 14.7 Å². The zero-order valence-corrected chi connectivity index (χ0v) is 15.3. The maximum absolute atomic E-state index is 12.2. The van der Waals surface area contributed by atoms with Crippen LogP contribution in [0, 0.1) is 0 Å². The molecule has 4 rings (SSSR count). The molecule has 3 aromatic carbocycles. The molecular weight excluding hydrogens is 352 g/mol. The summed E-state index contributed by atoms with van der Waals surface area (Å²) in [7, 11) is 0. The number of amides is 2. The first-order chi connectivity index (χ1) is 13.6. The molecule has 1 N–H and O–H groups in total. The van der Waals surface area contributed by atoms with Gasteiger partial charge in [-0.1, -0.05) is 54.6 Å². The summed E-state index contributed by atoms with van der Waals surface area (Å²) in [5, 5.41) is 10.4. The third-order valence-corrected chi connectivity index (χ3v) is 4.89. The number of carbonyl (C=O) groups excluding carboxylic acids is 2. The summed E-state index contributed by atoms with van der Waals surface area (Å²) in [6.07, 6.45) is 0.505. The van der Waals surface area contributed by atoms with Crippen molar-refractivity contribution in [2.45, 2.75) is 12.8 Å². The van der Waals surface area contributed by atoms with Gasteiger partial charge < -0.3 is 10.0 Å². The van der Waals surface area contributed by atoms with Gasteiger partial charge in [-0.05, 0) is 24.3 Å². The molecule has 0 saturated carbocycles. The number of anilines is 2. The number of carbonyl (C=O) groups is 2. The molecule has 5 heteroatoms. The molecule has 0 spiro atoms. The van der Waals surface area contributed by atoms with Crippen LogP contribution < -0.4 is 4.90 Å². The van der Waals surface area contributed by atoms with Crippen LogP contribution >= 0.6 is 0 Å². The third-order valence-electron chi connectivity index (χ3n) is 4.89. The Kier molecular flexibility index (Phi) is 4.81. The number of phenolic OH excluding ortho intramolecular Hbond substituents is 1. The summed E-state index contributed by atoms with van der Waals surface area (Å²) in [6, 6.07) is 24.4. The van der Waals surface area contributed by atoms with E-state index in [9.17, 15) is 14.7 Å². The number of benzene rings is 3. The van der Waals surface area contributed by atoms with Gasteiger partial charge in [-0.15, -0.1) is 0 Å². The Balaban J connectivity index is 1.83. The standard InChI is InChI=1S/C23H20N2O3/c26-21-13-7-5-11-19(21)18-10-4-6-12-20(18)24(17-8-2-1-3-9-17)16-25-22(27)14-15-23(25)28/h1-13,26H,14-16H2. The summed E-state index contributed by atoms with van der Waals surface area (Å²) in [6.45, 7) is 0.131. The highest BCUT2D eigenvalue weighted by atomic mass is 16.3. The summed E-state index contributed by atoms with van der Waals surface area (Å²) in [5.41, 5.74) is 3.18. The first-order valence-corrected chi connectivity index (χ1v) is 9.18. The molecule has 1 aliphatic rings. The molecule has 28 heavy (non-hydrogen) atoms. The second kappa shape index (κ2) is 7.56. The molecule has 0 bridgehead atoms. The van der Waals surface area contributed by atoms with Crippen molar-refractivity contribution in [3.63, 3.8) is 0 Å². The van der Waals surface area contributed by atoms with Crippen LogP contribution in [0.3, 0.4) is 0 Å². The van der Waals surface area contributed by atoms with E-state index in [2.05, 4.69) is 0 Å². The normalized spacial score (nSPS) is 13.8. The minimum Gasteiger partial charge on any atom is -0.507 e. The largest absolute Gasteiger partial charge is 0.507 e. The quantitative estimate of drug-likeness (QED) is 0.678.